The number of fused-ring (bicyclic) bond motifs is 1. The fourth-order valence-electron chi connectivity index (χ4n) is 3.39. The maximum absolute atomic E-state index is 15.3. The molecule has 0 aliphatic carbocycles. The van der Waals surface area contributed by atoms with Crippen molar-refractivity contribution in [1.82, 2.24) is 10.6 Å². The highest BCUT2D eigenvalue weighted by atomic mass is 19.1. The van der Waals surface area contributed by atoms with E-state index in [4.69, 9.17) is 4.74 Å². The van der Waals surface area contributed by atoms with Crippen LogP contribution in [0.1, 0.15) is 30.5 Å². The highest BCUT2D eigenvalue weighted by Gasteiger charge is 2.39. The minimum absolute atomic E-state index is 0.106. The number of rotatable bonds is 3. The van der Waals surface area contributed by atoms with E-state index in [2.05, 4.69) is 22.8 Å². The van der Waals surface area contributed by atoms with Crippen molar-refractivity contribution in [2.45, 2.75) is 37.5 Å². The van der Waals surface area contributed by atoms with E-state index in [0.29, 0.717) is 13.0 Å². The van der Waals surface area contributed by atoms with Gasteiger partial charge in [0.25, 0.3) is 0 Å². The molecule has 0 bridgehead atoms. The summed E-state index contributed by atoms with van der Waals surface area (Å²) in [5.41, 5.74) is 1.10. The second-order valence-electron chi connectivity index (χ2n) is 6.04. The number of benzene rings is 1. The van der Waals surface area contributed by atoms with Gasteiger partial charge in [-0.05, 0) is 31.0 Å². The molecule has 1 saturated heterocycles. The van der Waals surface area contributed by atoms with Crippen molar-refractivity contribution in [2.75, 3.05) is 26.3 Å². The number of morpholine rings is 1. The van der Waals surface area contributed by atoms with Crippen LogP contribution in [0.3, 0.4) is 0 Å². The Morgan fingerprint density at radius 1 is 1.30 bits per heavy atom. The van der Waals surface area contributed by atoms with Crippen LogP contribution in [-0.4, -0.2) is 38.0 Å². The summed E-state index contributed by atoms with van der Waals surface area (Å²) >= 11 is 0. The lowest BCUT2D eigenvalue weighted by Gasteiger charge is -2.38. The van der Waals surface area contributed by atoms with E-state index in [1.807, 2.05) is 12.1 Å². The predicted octanol–water partition coefficient (Wildman–Crippen LogP) is 1.98. The molecule has 0 aromatic heterocycles. The van der Waals surface area contributed by atoms with E-state index in [1.165, 1.54) is 5.56 Å². The van der Waals surface area contributed by atoms with Crippen LogP contribution in [0, 0.1) is 0 Å². The van der Waals surface area contributed by atoms with Crippen molar-refractivity contribution in [3.05, 3.63) is 35.4 Å². The van der Waals surface area contributed by atoms with Crippen LogP contribution in [-0.2, 0) is 11.2 Å². The lowest BCUT2D eigenvalue weighted by molar-refractivity contribution is 0.0337. The van der Waals surface area contributed by atoms with Gasteiger partial charge in [-0.3, -0.25) is 0 Å². The summed E-state index contributed by atoms with van der Waals surface area (Å²) in [6, 6.07) is 8.08. The summed E-state index contributed by atoms with van der Waals surface area (Å²) in [5, 5.41) is 6.71. The Labute approximate surface area is 119 Å². The topological polar surface area (TPSA) is 33.3 Å². The Hall–Kier alpha value is -0.970. The van der Waals surface area contributed by atoms with Crippen LogP contribution in [0.5, 0.6) is 0 Å². The van der Waals surface area contributed by atoms with Gasteiger partial charge in [-0.2, -0.15) is 0 Å². The van der Waals surface area contributed by atoms with Crippen molar-refractivity contribution in [1.29, 1.82) is 0 Å². The predicted molar refractivity (Wildman–Crippen MR) is 77.6 cm³/mol. The number of hydrogen-bond acceptors (Lipinski definition) is 3. The Balaban J connectivity index is 1.77. The fourth-order valence-corrected chi connectivity index (χ4v) is 3.39. The van der Waals surface area contributed by atoms with Gasteiger partial charge in [0, 0.05) is 19.0 Å². The zero-order valence-corrected chi connectivity index (χ0v) is 12.0. The highest BCUT2D eigenvalue weighted by Crippen LogP contribution is 2.37. The number of halogens is 1. The van der Waals surface area contributed by atoms with E-state index in [1.54, 1.807) is 6.92 Å². The zero-order chi connectivity index (χ0) is 14.0. The van der Waals surface area contributed by atoms with Crippen LogP contribution in [0.25, 0.3) is 0 Å². The monoisotopic (exact) mass is 278 g/mol. The Kier molecular flexibility index (Phi) is 4.06. The molecule has 3 rings (SSSR count). The number of alkyl halides is 1. The molecular weight excluding hydrogens is 255 g/mol. The lowest BCUT2D eigenvalue weighted by atomic mass is 9.82. The van der Waals surface area contributed by atoms with Gasteiger partial charge in [0.2, 0.25) is 0 Å². The first-order valence-electron chi connectivity index (χ1n) is 7.48. The first-order chi connectivity index (χ1) is 9.67. The largest absolute Gasteiger partial charge is 0.379 e. The standard InChI is InChI=1S/C16H23FN2O/c1-16(17,10-13-11-20-9-8-18-13)15-14-5-3-2-4-12(14)6-7-19-15/h2-5,13,15,18-19H,6-11H2,1H3. The summed E-state index contributed by atoms with van der Waals surface area (Å²) in [7, 11) is 0. The minimum atomic E-state index is -1.28. The van der Waals surface area contributed by atoms with Gasteiger partial charge < -0.3 is 15.4 Å². The summed E-state index contributed by atoms with van der Waals surface area (Å²) in [4.78, 5) is 0. The van der Waals surface area contributed by atoms with Gasteiger partial charge in [-0.1, -0.05) is 24.3 Å². The molecule has 2 N–H and O–H groups in total. The molecule has 20 heavy (non-hydrogen) atoms. The normalized spacial score (nSPS) is 29.5. The Morgan fingerprint density at radius 2 is 2.15 bits per heavy atom. The molecule has 0 spiro atoms. The third-order valence-electron chi connectivity index (χ3n) is 4.35. The smallest absolute Gasteiger partial charge is 0.129 e. The van der Waals surface area contributed by atoms with Gasteiger partial charge in [-0.25, -0.2) is 4.39 Å². The molecule has 0 amide bonds. The first-order valence-corrected chi connectivity index (χ1v) is 7.48. The van der Waals surface area contributed by atoms with Crippen LogP contribution in [0.4, 0.5) is 4.39 Å². The van der Waals surface area contributed by atoms with Crippen molar-refractivity contribution < 1.29 is 9.13 Å². The van der Waals surface area contributed by atoms with Crippen LogP contribution in [0.15, 0.2) is 24.3 Å². The third kappa shape index (κ3) is 2.87. The average Bonchev–Trinajstić information content (AvgIpc) is 2.47. The molecular formula is C16H23FN2O. The molecule has 3 atom stereocenters. The van der Waals surface area contributed by atoms with Gasteiger partial charge >= 0.3 is 0 Å². The summed E-state index contributed by atoms with van der Waals surface area (Å²) in [6.07, 6.45) is 1.45. The second kappa shape index (κ2) is 5.80. The highest BCUT2D eigenvalue weighted by molar-refractivity contribution is 5.34. The molecule has 3 nitrogen and oxygen atoms in total. The van der Waals surface area contributed by atoms with Gasteiger partial charge in [0.05, 0.1) is 19.3 Å². The van der Waals surface area contributed by atoms with Crippen molar-refractivity contribution >= 4 is 0 Å². The molecule has 110 valence electrons. The molecule has 4 heteroatoms. The summed E-state index contributed by atoms with van der Waals surface area (Å²) < 4.78 is 20.7. The number of ether oxygens (including phenoxy) is 1. The second-order valence-corrected chi connectivity index (χ2v) is 6.04. The zero-order valence-electron chi connectivity index (χ0n) is 12.0. The maximum Gasteiger partial charge on any atom is 0.129 e. The Morgan fingerprint density at radius 3 is 2.95 bits per heavy atom. The van der Waals surface area contributed by atoms with Crippen LogP contribution < -0.4 is 10.6 Å². The molecule has 2 aliphatic rings. The van der Waals surface area contributed by atoms with E-state index in [0.717, 1.165) is 31.7 Å². The van der Waals surface area contributed by atoms with E-state index >= 15 is 4.39 Å². The molecule has 1 aromatic carbocycles. The quantitative estimate of drug-likeness (QED) is 0.887. The molecule has 1 fully saturated rings. The molecule has 2 heterocycles. The molecule has 3 unspecified atom stereocenters. The fraction of sp³-hybridized carbons (Fsp3) is 0.625. The van der Waals surface area contributed by atoms with E-state index < -0.39 is 5.67 Å². The van der Waals surface area contributed by atoms with Crippen LogP contribution >= 0.6 is 0 Å². The van der Waals surface area contributed by atoms with Gasteiger partial charge in [0.15, 0.2) is 0 Å². The minimum Gasteiger partial charge on any atom is -0.379 e. The van der Waals surface area contributed by atoms with Gasteiger partial charge in [0.1, 0.15) is 5.67 Å². The number of hydrogen-bond donors (Lipinski definition) is 2. The van der Waals surface area contributed by atoms with Crippen LogP contribution in [0.2, 0.25) is 0 Å². The molecule has 0 radical (unpaired) electrons. The molecule has 2 aliphatic heterocycles. The maximum atomic E-state index is 15.3. The molecule has 1 aromatic rings. The number of nitrogens with one attached hydrogen (secondary N) is 2. The van der Waals surface area contributed by atoms with Crippen molar-refractivity contribution in [3.8, 4) is 0 Å². The third-order valence-corrected chi connectivity index (χ3v) is 4.35. The van der Waals surface area contributed by atoms with E-state index in [9.17, 15) is 0 Å². The lowest BCUT2D eigenvalue weighted by Crippen LogP contribution is -2.49. The van der Waals surface area contributed by atoms with Crippen molar-refractivity contribution in [2.24, 2.45) is 0 Å². The Bertz CT molecular complexity index is 458. The SMILES string of the molecule is CC(F)(CC1COCCN1)C1NCCc2ccccc21. The van der Waals surface area contributed by atoms with Crippen molar-refractivity contribution in [3.63, 3.8) is 0 Å². The van der Waals surface area contributed by atoms with Gasteiger partial charge in [-0.15, -0.1) is 0 Å². The summed E-state index contributed by atoms with van der Waals surface area (Å²) in [5.74, 6) is 0. The first kappa shape index (κ1) is 14.0. The van der Waals surface area contributed by atoms with E-state index in [-0.39, 0.29) is 12.1 Å². The molecule has 0 saturated carbocycles. The average molecular weight is 278 g/mol. The summed E-state index contributed by atoms with van der Waals surface area (Å²) in [6.45, 7) is 4.70.